The maximum atomic E-state index is 11.9. The fourth-order valence-corrected chi connectivity index (χ4v) is 2.72. The minimum atomic E-state index is -0.217. The number of hydrogen-bond donors (Lipinski definition) is 1. The average molecular weight is 377 g/mol. The molecule has 0 atom stereocenters. The van der Waals surface area contributed by atoms with Crippen LogP contribution in [-0.2, 0) is 11.3 Å². The molecule has 0 saturated carbocycles. The lowest BCUT2D eigenvalue weighted by atomic mass is 10.0. The van der Waals surface area contributed by atoms with Crippen molar-refractivity contribution in [3.63, 3.8) is 0 Å². The molecule has 0 fully saturated rings. The van der Waals surface area contributed by atoms with E-state index in [1.165, 1.54) is 0 Å². The van der Waals surface area contributed by atoms with Crippen molar-refractivity contribution < 1.29 is 9.53 Å². The number of hydrogen-bond acceptors (Lipinski definition) is 3. The van der Waals surface area contributed by atoms with Gasteiger partial charge in [-0.25, -0.2) is 0 Å². The van der Waals surface area contributed by atoms with Crippen molar-refractivity contribution in [1.82, 2.24) is 5.32 Å². The van der Waals surface area contributed by atoms with E-state index in [1.807, 2.05) is 54.6 Å². The van der Waals surface area contributed by atoms with Crippen LogP contribution in [0.5, 0.6) is 5.75 Å². The molecule has 0 aliphatic heterocycles. The zero-order valence-corrected chi connectivity index (χ0v) is 15.2. The van der Waals surface area contributed by atoms with Crippen molar-refractivity contribution >= 4 is 17.5 Å². The van der Waals surface area contributed by atoms with Gasteiger partial charge in [0.15, 0.2) is 6.61 Å². The Morgan fingerprint density at radius 3 is 2.22 bits per heavy atom. The molecule has 134 valence electrons. The van der Waals surface area contributed by atoms with Gasteiger partial charge in [-0.1, -0.05) is 54.1 Å². The monoisotopic (exact) mass is 376 g/mol. The summed E-state index contributed by atoms with van der Waals surface area (Å²) in [5.74, 6) is 0.395. The minimum Gasteiger partial charge on any atom is -0.484 e. The van der Waals surface area contributed by atoms with Crippen LogP contribution in [0.15, 0.2) is 72.8 Å². The number of ether oxygens (including phenoxy) is 1. The van der Waals surface area contributed by atoms with Gasteiger partial charge in [-0.15, -0.1) is 0 Å². The molecule has 0 radical (unpaired) electrons. The molecule has 0 aliphatic rings. The normalized spacial score (nSPS) is 10.1. The number of nitrogens with zero attached hydrogens (tertiary/aromatic N) is 1. The van der Waals surface area contributed by atoms with Gasteiger partial charge in [0.1, 0.15) is 5.75 Å². The molecule has 3 aromatic rings. The van der Waals surface area contributed by atoms with Crippen molar-refractivity contribution in [3.8, 4) is 22.9 Å². The van der Waals surface area contributed by atoms with Gasteiger partial charge in [-0.2, -0.15) is 5.26 Å². The lowest BCUT2D eigenvalue weighted by Crippen LogP contribution is -2.28. The maximum Gasteiger partial charge on any atom is 0.258 e. The molecule has 0 heterocycles. The van der Waals surface area contributed by atoms with E-state index in [0.717, 1.165) is 16.7 Å². The maximum absolute atomic E-state index is 11.9. The molecule has 27 heavy (non-hydrogen) atoms. The van der Waals surface area contributed by atoms with Gasteiger partial charge in [0.2, 0.25) is 0 Å². The molecule has 3 rings (SSSR count). The summed E-state index contributed by atoms with van der Waals surface area (Å²) in [6, 6.07) is 24.3. The Balaban J connectivity index is 1.51. The van der Waals surface area contributed by atoms with Crippen LogP contribution in [-0.4, -0.2) is 12.5 Å². The predicted molar refractivity (Wildman–Crippen MR) is 105 cm³/mol. The fourth-order valence-electron chi connectivity index (χ4n) is 2.52. The molecule has 0 spiro atoms. The van der Waals surface area contributed by atoms with E-state index in [1.54, 1.807) is 18.2 Å². The van der Waals surface area contributed by atoms with Crippen molar-refractivity contribution in [2.75, 3.05) is 6.61 Å². The number of rotatable bonds is 6. The molecule has 0 saturated heterocycles. The second-order valence-electron chi connectivity index (χ2n) is 5.87. The van der Waals surface area contributed by atoms with E-state index in [4.69, 9.17) is 21.6 Å². The Labute approximate surface area is 163 Å². The van der Waals surface area contributed by atoms with E-state index < -0.39 is 0 Å². The summed E-state index contributed by atoms with van der Waals surface area (Å²) in [6.45, 7) is 0.292. The Kier molecular flexibility index (Phi) is 6.09. The first-order valence-corrected chi connectivity index (χ1v) is 8.77. The van der Waals surface area contributed by atoms with Crippen LogP contribution in [0.3, 0.4) is 0 Å². The Hall–Kier alpha value is -3.29. The van der Waals surface area contributed by atoms with Gasteiger partial charge in [0, 0.05) is 11.6 Å². The molecule has 1 N–H and O–H groups in total. The molecule has 0 bridgehead atoms. The van der Waals surface area contributed by atoms with Gasteiger partial charge in [-0.05, 0) is 47.0 Å². The first-order valence-electron chi connectivity index (χ1n) is 8.39. The highest BCUT2D eigenvalue weighted by Crippen LogP contribution is 2.22. The minimum absolute atomic E-state index is 0.0688. The summed E-state index contributed by atoms with van der Waals surface area (Å²) in [5, 5.41) is 12.3. The van der Waals surface area contributed by atoms with Gasteiger partial charge in [0.05, 0.1) is 11.6 Å². The molecule has 1 amide bonds. The van der Waals surface area contributed by atoms with E-state index in [-0.39, 0.29) is 12.5 Å². The summed E-state index contributed by atoms with van der Waals surface area (Å²) < 4.78 is 5.53. The molecular formula is C22H17ClN2O2. The molecule has 0 unspecified atom stereocenters. The van der Waals surface area contributed by atoms with Crippen molar-refractivity contribution in [1.29, 1.82) is 5.26 Å². The zero-order valence-electron chi connectivity index (χ0n) is 14.5. The quantitative estimate of drug-likeness (QED) is 0.685. The molecule has 0 aromatic heterocycles. The number of carbonyl (C=O) groups is 1. The number of nitrogens with one attached hydrogen (secondary N) is 1. The topological polar surface area (TPSA) is 62.1 Å². The van der Waals surface area contributed by atoms with Gasteiger partial charge in [-0.3, -0.25) is 4.79 Å². The Bertz CT molecular complexity index is 961. The van der Waals surface area contributed by atoms with Gasteiger partial charge >= 0.3 is 0 Å². The third-order valence-corrected chi connectivity index (χ3v) is 4.37. The van der Waals surface area contributed by atoms with Crippen LogP contribution in [0.2, 0.25) is 5.02 Å². The van der Waals surface area contributed by atoms with Crippen LogP contribution in [0.25, 0.3) is 11.1 Å². The first kappa shape index (κ1) is 18.5. The van der Waals surface area contributed by atoms with E-state index in [9.17, 15) is 4.79 Å². The third-order valence-electron chi connectivity index (χ3n) is 4.01. The lowest BCUT2D eigenvalue weighted by Gasteiger charge is -2.09. The summed E-state index contributed by atoms with van der Waals surface area (Å²) in [5.41, 5.74) is 3.51. The van der Waals surface area contributed by atoms with Crippen molar-refractivity contribution in [2.45, 2.75) is 6.54 Å². The molecular weight excluding hydrogens is 360 g/mol. The summed E-state index contributed by atoms with van der Waals surface area (Å²) >= 11 is 6.06. The molecule has 0 aliphatic carbocycles. The average Bonchev–Trinajstić information content (AvgIpc) is 2.72. The fraction of sp³-hybridized carbons (Fsp3) is 0.0909. The van der Waals surface area contributed by atoms with Gasteiger partial charge in [0.25, 0.3) is 5.91 Å². The zero-order chi connectivity index (χ0) is 19.1. The standard InChI is InChI=1S/C22H17ClN2O2/c23-21-4-2-1-3-19(21)14-25-22(26)15-27-20-11-9-18(10-12-20)17-7-5-16(13-24)6-8-17/h1-12H,14-15H2,(H,25,26). The lowest BCUT2D eigenvalue weighted by molar-refractivity contribution is -0.123. The molecule has 4 nitrogen and oxygen atoms in total. The molecule has 5 heteroatoms. The SMILES string of the molecule is N#Cc1ccc(-c2ccc(OCC(=O)NCc3ccccc3Cl)cc2)cc1. The summed E-state index contributed by atoms with van der Waals surface area (Å²) in [4.78, 5) is 11.9. The van der Waals surface area contributed by atoms with Gasteiger partial charge < -0.3 is 10.1 Å². The number of nitriles is 1. The summed E-state index contributed by atoms with van der Waals surface area (Å²) in [7, 11) is 0. The van der Waals surface area contributed by atoms with Crippen LogP contribution < -0.4 is 10.1 Å². The molecule has 3 aromatic carbocycles. The van der Waals surface area contributed by atoms with E-state index in [2.05, 4.69) is 11.4 Å². The second kappa shape index (κ2) is 8.88. The predicted octanol–water partition coefficient (Wildman–Crippen LogP) is 4.57. The van der Waals surface area contributed by atoms with Crippen LogP contribution in [0, 0.1) is 11.3 Å². The van der Waals surface area contributed by atoms with Crippen LogP contribution in [0.4, 0.5) is 0 Å². The number of carbonyl (C=O) groups excluding carboxylic acids is 1. The third kappa shape index (κ3) is 5.10. The number of halogens is 1. The van der Waals surface area contributed by atoms with Crippen molar-refractivity contribution in [3.05, 3.63) is 88.9 Å². The Morgan fingerprint density at radius 1 is 0.963 bits per heavy atom. The number of amides is 1. The highest BCUT2D eigenvalue weighted by Gasteiger charge is 2.05. The van der Waals surface area contributed by atoms with E-state index >= 15 is 0 Å². The van der Waals surface area contributed by atoms with Crippen LogP contribution in [0.1, 0.15) is 11.1 Å². The highest BCUT2D eigenvalue weighted by atomic mass is 35.5. The van der Waals surface area contributed by atoms with Crippen LogP contribution >= 0.6 is 11.6 Å². The van der Waals surface area contributed by atoms with E-state index in [0.29, 0.717) is 22.9 Å². The summed E-state index contributed by atoms with van der Waals surface area (Å²) in [6.07, 6.45) is 0. The number of benzene rings is 3. The first-order chi connectivity index (χ1) is 13.2. The smallest absolute Gasteiger partial charge is 0.258 e. The Morgan fingerprint density at radius 2 is 1.59 bits per heavy atom. The van der Waals surface area contributed by atoms with Crippen molar-refractivity contribution in [2.24, 2.45) is 0 Å². The highest BCUT2D eigenvalue weighted by molar-refractivity contribution is 6.31. The largest absolute Gasteiger partial charge is 0.484 e. The second-order valence-corrected chi connectivity index (χ2v) is 6.28.